The van der Waals surface area contributed by atoms with Gasteiger partial charge in [-0.3, -0.25) is 4.68 Å². The lowest BCUT2D eigenvalue weighted by Gasteiger charge is -2.18. The van der Waals surface area contributed by atoms with Crippen LogP contribution in [0.1, 0.15) is 38.5 Å². The Balaban J connectivity index is 2.10. The Morgan fingerprint density at radius 1 is 1.25 bits per heavy atom. The van der Waals surface area contributed by atoms with Crippen molar-refractivity contribution in [3.8, 4) is 5.75 Å². The van der Waals surface area contributed by atoms with E-state index in [4.69, 9.17) is 4.74 Å². The van der Waals surface area contributed by atoms with Crippen LogP contribution < -0.4 is 10.1 Å². The van der Waals surface area contributed by atoms with Gasteiger partial charge in [-0.05, 0) is 26.0 Å². The van der Waals surface area contributed by atoms with Crippen molar-refractivity contribution < 1.29 is 4.74 Å². The molecule has 0 aliphatic heterocycles. The van der Waals surface area contributed by atoms with Gasteiger partial charge in [0.25, 0.3) is 0 Å². The van der Waals surface area contributed by atoms with E-state index >= 15 is 0 Å². The minimum Gasteiger partial charge on any atom is -0.481 e. The normalized spacial score (nSPS) is 12.6. The van der Waals surface area contributed by atoms with E-state index in [9.17, 15) is 0 Å². The van der Waals surface area contributed by atoms with Gasteiger partial charge in [-0.15, -0.1) is 0 Å². The highest BCUT2D eigenvalue weighted by molar-refractivity contribution is 5.21. The van der Waals surface area contributed by atoms with Gasteiger partial charge in [0.05, 0.1) is 12.4 Å². The third-order valence-corrected chi connectivity index (χ3v) is 3.14. The Morgan fingerprint density at radius 3 is 2.60 bits per heavy atom. The fraction of sp³-hybridized carbons (Fsp3) is 0.438. The molecule has 2 aromatic rings. The maximum absolute atomic E-state index is 6.09. The minimum absolute atomic E-state index is 0.000891. The fourth-order valence-corrected chi connectivity index (χ4v) is 2.00. The summed E-state index contributed by atoms with van der Waals surface area (Å²) in [5, 5.41) is 7.66. The lowest BCUT2D eigenvalue weighted by molar-refractivity contribution is 0.202. The second-order valence-electron chi connectivity index (χ2n) is 5.07. The van der Waals surface area contributed by atoms with Crippen molar-refractivity contribution >= 4 is 0 Å². The quantitative estimate of drug-likeness (QED) is 0.842. The highest BCUT2D eigenvalue weighted by atomic mass is 16.5. The van der Waals surface area contributed by atoms with Gasteiger partial charge >= 0.3 is 0 Å². The molecule has 1 atom stereocenters. The average Bonchev–Trinajstić information content (AvgIpc) is 2.93. The summed E-state index contributed by atoms with van der Waals surface area (Å²) < 4.78 is 7.99. The van der Waals surface area contributed by atoms with E-state index in [-0.39, 0.29) is 6.10 Å². The third kappa shape index (κ3) is 3.84. The van der Waals surface area contributed by atoms with Crippen molar-refractivity contribution in [3.63, 3.8) is 0 Å². The van der Waals surface area contributed by atoms with Crippen LogP contribution in [0.5, 0.6) is 5.75 Å². The van der Waals surface area contributed by atoms with Crippen molar-refractivity contribution in [3.05, 3.63) is 48.3 Å². The number of rotatable bonds is 7. The van der Waals surface area contributed by atoms with Crippen LogP contribution in [0.2, 0.25) is 0 Å². The molecule has 4 heteroatoms. The topological polar surface area (TPSA) is 39.1 Å². The van der Waals surface area contributed by atoms with E-state index in [2.05, 4.69) is 43.3 Å². The lowest BCUT2D eigenvalue weighted by Crippen LogP contribution is -2.24. The van der Waals surface area contributed by atoms with Crippen molar-refractivity contribution in [2.45, 2.75) is 32.9 Å². The standard InChI is InChI=1S/C16H23N3O/c1-4-17-11-16(14-8-6-5-7-9-14)20-15-10-18-19(12-15)13(2)3/h5-10,12-13,16-17H,4,11H2,1-3H3. The molecule has 0 radical (unpaired) electrons. The molecule has 0 fully saturated rings. The molecular formula is C16H23N3O. The van der Waals surface area contributed by atoms with E-state index < -0.39 is 0 Å². The van der Waals surface area contributed by atoms with Gasteiger partial charge in [-0.2, -0.15) is 5.10 Å². The van der Waals surface area contributed by atoms with Crippen LogP contribution in [0.15, 0.2) is 42.7 Å². The molecule has 2 rings (SSSR count). The van der Waals surface area contributed by atoms with Crippen LogP contribution in [0, 0.1) is 0 Å². The first-order chi connectivity index (χ1) is 9.70. The van der Waals surface area contributed by atoms with Gasteiger partial charge < -0.3 is 10.1 Å². The molecule has 0 aliphatic carbocycles. The lowest BCUT2D eigenvalue weighted by atomic mass is 10.1. The summed E-state index contributed by atoms with van der Waals surface area (Å²) in [5.41, 5.74) is 1.17. The molecule has 0 saturated carbocycles. The molecule has 0 saturated heterocycles. The van der Waals surface area contributed by atoms with E-state index in [1.165, 1.54) is 5.56 Å². The van der Waals surface area contributed by atoms with Gasteiger partial charge in [0.15, 0.2) is 5.75 Å². The average molecular weight is 273 g/mol. The number of nitrogens with one attached hydrogen (secondary N) is 1. The van der Waals surface area contributed by atoms with Crippen LogP contribution in [0.25, 0.3) is 0 Å². The van der Waals surface area contributed by atoms with Gasteiger partial charge in [0, 0.05) is 12.6 Å². The molecule has 4 nitrogen and oxygen atoms in total. The molecule has 0 spiro atoms. The van der Waals surface area contributed by atoms with Gasteiger partial charge in [0.2, 0.25) is 0 Å². The molecule has 1 aromatic heterocycles. The number of benzene rings is 1. The summed E-state index contributed by atoms with van der Waals surface area (Å²) in [6, 6.07) is 10.6. The number of aromatic nitrogens is 2. The Bertz CT molecular complexity index is 507. The summed E-state index contributed by atoms with van der Waals surface area (Å²) in [6.07, 6.45) is 3.73. The van der Waals surface area contributed by atoms with Gasteiger partial charge in [-0.1, -0.05) is 37.3 Å². The first-order valence-corrected chi connectivity index (χ1v) is 7.17. The second-order valence-corrected chi connectivity index (χ2v) is 5.07. The summed E-state index contributed by atoms with van der Waals surface area (Å²) in [7, 11) is 0. The Kier molecular flexibility index (Phi) is 5.18. The van der Waals surface area contributed by atoms with Crippen molar-refractivity contribution in [1.29, 1.82) is 0 Å². The van der Waals surface area contributed by atoms with Crippen LogP contribution in [0.3, 0.4) is 0 Å². The summed E-state index contributed by atoms with van der Waals surface area (Å²) in [5.74, 6) is 0.811. The van der Waals surface area contributed by atoms with E-state index in [0.717, 1.165) is 18.8 Å². The second kappa shape index (κ2) is 7.10. The molecular weight excluding hydrogens is 250 g/mol. The van der Waals surface area contributed by atoms with Crippen molar-refractivity contribution in [1.82, 2.24) is 15.1 Å². The predicted molar refractivity (Wildman–Crippen MR) is 81.0 cm³/mol. The maximum atomic E-state index is 6.09. The fourth-order valence-electron chi connectivity index (χ4n) is 2.00. The maximum Gasteiger partial charge on any atom is 0.158 e. The highest BCUT2D eigenvalue weighted by Crippen LogP contribution is 2.22. The minimum atomic E-state index is 0.000891. The van der Waals surface area contributed by atoms with E-state index in [1.807, 2.05) is 29.1 Å². The number of hydrogen-bond donors (Lipinski definition) is 1. The van der Waals surface area contributed by atoms with E-state index in [0.29, 0.717) is 6.04 Å². The SMILES string of the molecule is CCNCC(Oc1cnn(C(C)C)c1)c1ccccc1. The summed E-state index contributed by atoms with van der Waals surface area (Å²) >= 11 is 0. The Morgan fingerprint density at radius 2 is 2.00 bits per heavy atom. The molecule has 1 aromatic carbocycles. The van der Waals surface area contributed by atoms with Crippen molar-refractivity contribution in [2.75, 3.05) is 13.1 Å². The van der Waals surface area contributed by atoms with Crippen LogP contribution in [-0.2, 0) is 0 Å². The molecule has 0 bridgehead atoms. The van der Waals surface area contributed by atoms with Crippen LogP contribution in [0.4, 0.5) is 0 Å². The Labute approximate surface area is 120 Å². The van der Waals surface area contributed by atoms with Crippen LogP contribution in [-0.4, -0.2) is 22.9 Å². The summed E-state index contributed by atoms with van der Waals surface area (Å²) in [6.45, 7) is 8.01. The highest BCUT2D eigenvalue weighted by Gasteiger charge is 2.14. The molecule has 1 unspecified atom stereocenters. The number of ether oxygens (including phenoxy) is 1. The molecule has 1 N–H and O–H groups in total. The zero-order valence-electron chi connectivity index (χ0n) is 12.4. The molecule has 0 aliphatic rings. The zero-order valence-corrected chi connectivity index (χ0v) is 12.4. The molecule has 108 valence electrons. The first kappa shape index (κ1) is 14.6. The first-order valence-electron chi connectivity index (χ1n) is 7.17. The van der Waals surface area contributed by atoms with Gasteiger partial charge in [-0.25, -0.2) is 0 Å². The predicted octanol–water partition coefficient (Wildman–Crippen LogP) is 3.19. The number of likely N-dealkylation sites (N-methyl/N-ethyl adjacent to an activating group) is 1. The van der Waals surface area contributed by atoms with Crippen LogP contribution >= 0.6 is 0 Å². The zero-order chi connectivity index (χ0) is 14.4. The largest absolute Gasteiger partial charge is 0.481 e. The Hall–Kier alpha value is -1.81. The van der Waals surface area contributed by atoms with Gasteiger partial charge in [0.1, 0.15) is 6.10 Å². The monoisotopic (exact) mass is 273 g/mol. The smallest absolute Gasteiger partial charge is 0.158 e. The number of hydrogen-bond acceptors (Lipinski definition) is 3. The third-order valence-electron chi connectivity index (χ3n) is 3.14. The summed E-state index contributed by atoms with van der Waals surface area (Å²) in [4.78, 5) is 0. The molecule has 0 amide bonds. The van der Waals surface area contributed by atoms with E-state index in [1.54, 1.807) is 6.20 Å². The molecule has 1 heterocycles. The van der Waals surface area contributed by atoms with Crippen molar-refractivity contribution in [2.24, 2.45) is 0 Å². The number of nitrogens with zero attached hydrogens (tertiary/aromatic N) is 2. The molecule has 20 heavy (non-hydrogen) atoms.